The number of ketones is 1. The molecule has 1 heterocycles. The normalized spacial score (nSPS) is 19.6. The first kappa shape index (κ1) is 11.2. The molecule has 0 saturated heterocycles. The zero-order valence-corrected chi connectivity index (χ0v) is 10.5. The van der Waals surface area contributed by atoms with Gasteiger partial charge in [0.05, 0.1) is 5.56 Å². The third-order valence-electron chi connectivity index (χ3n) is 2.97. The first-order chi connectivity index (χ1) is 7.30. The van der Waals surface area contributed by atoms with Gasteiger partial charge in [-0.3, -0.25) is 4.79 Å². The van der Waals surface area contributed by atoms with E-state index in [9.17, 15) is 4.79 Å². The summed E-state index contributed by atoms with van der Waals surface area (Å²) in [5.41, 5.74) is 2.99. The minimum atomic E-state index is -0.335. The number of carbonyl (C=O) groups excluding carboxylic acids is 1. The average Bonchev–Trinajstić information content (AvgIpc) is 2.42. The monoisotopic (exact) mass is 218 g/mol. The van der Waals surface area contributed by atoms with Gasteiger partial charge in [0, 0.05) is 5.56 Å². The van der Waals surface area contributed by atoms with Crippen molar-refractivity contribution in [1.82, 2.24) is 0 Å². The Morgan fingerprint density at radius 1 is 1.25 bits per heavy atom. The largest absolute Gasteiger partial charge is 0.481 e. The van der Waals surface area contributed by atoms with Crippen LogP contribution in [0.15, 0.2) is 12.1 Å². The molecule has 0 aliphatic carbocycles. The Labute approximate surface area is 96.6 Å². The number of ether oxygens (including phenoxy) is 1. The summed E-state index contributed by atoms with van der Waals surface area (Å²) in [4.78, 5) is 11.9. The molecule has 0 amide bonds. The molecule has 0 radical (unpaired) electrons. The highest BCUT2D eigenvalue weighted by Crippen LogP contribution is 2.39. The quantitative estimate of drug-likeness (QED) is 0.668. The van der Waals surface area contributed by atoms with Crippen LogP contribution in [0.3, 0.4) is 0 Å². The standard InChI is InChI=1S/C14H18O2/c1-8-6-10-12(15)9(2)16-13(10)11(7-8)14(3,4)5/h6-7,9H,1-5H3. The summed E-state index contributed by atoms with van der Waals surface area (Å²) in [5.74, 6) is 0.889. The molecule has 1 aliphatic heterocycles. The lowest BCUT2D eigenvalue weighted by Crippen LogP contribution is -2.16. The second-order valence-electron chi connectivity index (χ2n) is 5.56. The molecule has 0 saturated carbocycles. The molecule has 0 bridgehead atoms. The highest BCUT2D eigenvalue weighted by molar-refractivity contribution is 6.05. The first-order valence-corrected chi connectivity index (χ1v) is 5.66. The average molecular weight is 218 g/mol. The summed E-state index contributed by atoms with van der Waals surface area (Å²) in [7, 11) is 0. The van der Waals surface area contributed by atoms with E-state index in [0.717, 1.165) is 22.4 Å². The van der Waals surface area contributed by atoms with E-state index in [2.05, 4.69) is 26.8 Å². The van der Waals surface area contributed by atoms with E-state index in [1.165, 1.54) is 0 Å². The summed E-state index contributed by atoms with van der Waals surface area (Å²) < 4.78 is 5.68. The third kappa shape index (κ3) is 1.62. The SMILES string of the molecule is Cc1cc2c(c(C(C)(C)C)c1)OC(C)C2=O. The van der Waals surface area contributed by atoms with Gasteiger partial charge in [-0.1, -0.05) is 26.8 Å². The van der Waals surface area contributed by atoms with Crippen LogP contribution in [0.2, 0.25) is 0 Å². The molecule has 0 fully saturated rings. The smallest absolute Gasteiger partial charge is 0.206 e. The van der Waals surface area contributed by atoms with Crippen molar-refractivity contribution >= 4 is 5.78 Å². The Morgan fingerprint density at radius 3 is 2.44 bits per heavy atom. The molecule has 1 aliphatic rings. The summed E-state index contributed by atoms with van der Waals surface area (Å²) >= 11 is 0. The van der Waals surface area contributed by atoms with Gasteiger partial charge in [0.2, 0.25) is 5.78 Å². The zero-order valence-electron chi connectivity index (χ0n) is 10.5. The Bertz CT molecular complexity index is 453. The van der Waals surface area contributed by atoms with E-state index in [1.54, 1.807) is 0 Å². The molecule has 2 nitrogen and oxygen atoms in total. The van der Waals surface area contributed by atoms with Gasteiger partial charge in [0.1, 0.15) is 5.75 Å². The summed E-state index contributed by atoms with van der Waals surface area (Å²) in [5, 5.41) is 0. The summed E-state index contributed by atoms with van der Waals surface area (Å²) in [6, 6.07) is 4.04. The van der Waals surface area contributed by atoms with Crippen molar-refractivity contribution in [3.63, 3.8) is 0 Å². The van der Waals surface area contributed by atoms with Crippen LogP contribution >= 0.6 is 0 Å². The van der Waals surface area contributed by atoms with Crippen molar-refractivity contribution in [2.45, 2.75) is 46.1 Å². The van der Waals surface area contributed by atoms with Gasteiger partial charge < -0.3 is 4.74 Å². The Kier molecular flexibility index (Phi) is 2.33. The van der Waals surface area contributed by atoms with Crippen molar-refractivity contribution in [2.75, 3.05) is 0 Å². The lowest BCUT2D eigenvalue weighted by Gasteiger charge is -2.22. The third-order valence-corrected chi connectivity index (χ3v) is 2.97. The molecule has 86 valence electrons. The van der Waals surface area contributed by atoms with Crippen molar-refractivity contribution in [2.24, 2.45) is 0 Å². The van der Waals surface area contributed by atoms with Crippen LogP contribution in [0, 0.1) is 6.92 Å². The minimum absolute atomic E-state index is 0.000440. The van der Waals surface area contributed by atoms with Crippen LogP contribution in [-0.2, 0) is 5.41 Å². The van der Waals surface area contributed by atoms with Crippen molar-refractivity contribution in [3.05, 3.63) is 28.8 Å². The second-order valence-corrected chi connectivity index (χ2v) is 5.56. The Balaban J connectivity index is 2.67. The fourth-order valence-corrected chi connectivity index (χ4v) is 2.09. The highest BCUT2D eigenvalue weighted by Gasteiger charge is 2.33. The lowest BCUT2D eigenvalue weighted by atomic mass is 9.84. The highest BCUT2D eigenvalue weighted by atomic mass is 16.5. The molecule has 1 aromatic rings. The van der Waals surface area contributed by atoms with Crippen LogP contribution in [0.25, 0.3) is 0 Å². The van der Waals surface area contributed by atoms with Crippen LogP contribution in [0.5, 0.6) is 5.75 Å². The van der Waals surface area contributed by atoms with Crippen LogP contribution in [0.1, 0.15) is 49.2 Å². The number of carbonyl (C=O) groups is 1. The van der Waals surface area contributed by atoms with Crippen LogP contribution in [0.4, 0.5) is 0 Å². The van der Waals surface area contributed by atoms with Gasteiger partial charge in [-0.15, -0.1) is 0 Å². The fourth-order valence-electron chi connectivity index (χ4n) is 2.09. The van der Waals surface area contributed by atoms with Crippen molar-refractivity contribution in [3.8, 4) is 5.75 Å². The molecule has 0 N–H and O–H groups in total. The number of hydrogen-bond donors (Lipinski definition) is 0. The number of Topliss-reactive ketones (excluding diaryl/α,β-unsaturated/α-hetero) is 1. The van der Waals surface area contributed by atoms with E-state index < -0.39 is 0 Å². The topological polar surface area (TPSA) is 26.3 Å². The molecule has 0 spiro atoms. The molecule has 2 rings (SSSR count). The summed E-state index contributed by atoms with van der Waals surface area (Å²) in [6.07, 6.45) is -0.335. The van der Waals surface area contributed by atoms with Crippen LogP contribution < -0.4 is 4.74 Å². The lowest BCUT2D eigenvalue weighted by molar-refractivity contribution is 0.0877. The van der Waals surface area contributed by atoms with Gasteiger partial charge in [-0.2, -0.15) is 0 Å². The van der Waals surface area contributed by atoms with E-state index in [4.69, 9.17) is 4.74 Å². The molecular weight excluding hydrogens is 200 g/mol. The second kappa shape index (κ2) is 3.34. The van der Waals surface area contributed by atoms with Gasteiger partial charge in [0.25, 0.3) is 0 Å². The number of aryl methyl sites for hydroxylation is 1. The zero-order chi connectivity index (χ0) is 12.1. The molecule has 1 unspecified atom stereocenters. The van der Waals surface area contributed by atoms with Crippen molar-refractivity contribution in [1.29, 1.82) is 0 Å². The molecule has 0 aromatic heterocycles. The van der Waals surface area contributed by atoms with E-state index in [1.807, 2.05) is 19.9 Å². The van der Waals surface area contributed by atoms with E-state index in [-0.39, 0.29) is 17.3 Å². The van der Waals surface area contributed by atoms with Gasteiger partial charge in [-0.05, 0) is 30.9 Å². The minimum Gasteiger partial charge on any atom is -0.481 e. The summed E-state index contributed by atoms with van der Waals surface area (Å²) in [6.45, 7) is 10.2. The maximum absolute atomic E-state index is 11.9. The van der Waals surface area contributed by atoms with Gasteiger partial charge in [0.15, 0.2) is 6.10 Å². The van der Waals surface area contributed by atoms with Gasteiger partial charge in [-0.25, -0.2) is 0 Å². The predicted molar refractivity (Wildman–Crippen MR) is 64.3 cm³/mol. The maximum atomic E-state index is 11.9. The molecule has 16 heavy (non-hydrogen) atoms. The number of fused-ring (bicyclic) bond motifs is 1. The molecule has 1 atom stereocenters. The fraction of sp³-hybridized carbons (Fsp3) is 0.500. The van der Waals surface area contributed by atoms with Gasteiger partial charge >= 0.3 is 0 Å². The predicted octanol–water partition coefficient (Wildman–Crippen LogP) is 3.26. The van der Waals surface area contributed by atoms with Crippen LogP contribution in [-0.4, -0.2) is 11.9 Å². The maximum Gasteiger partial charge on any atom is 0.206 e. The van der Waals surface area contributed by atoms with E-state index >= 15 is 0 Å². The van der Waals surface area contributed by atoms with E-state index in [0.29, 0.717) is 0 Å². The Morgan fingerprint density at radius 2 is 1.88 bits per heavy atom. The number of hydrogen-bond acceptors (Lipinski definition) is 2. The molecule has 2 heteroatoms. The van der Waals surface area contributed by atoms with Crippen molar-refractivity contribution < 1.29 is 9.53 Å². The molecular formula is C14H18O2. The number of rotatable bonds is 0. The first-order valence-electron chi connectivity index (χ1n) is 5.66. The number of benzene rings is 1. The molecule has 1 aromatic carbocycles. The Hall–Kier alpha value is -1.31.